The Morgan fingerprint density at radius 1 is 1.42 bits per heavy atom. The monoisotopic (exact) mass is 163 g/mol. The van der Waals surface area contributed by atoms with Gasteiger partial charge in [0, 0.05) is 6.54 Å². The number of hydrogen-bond acceptors (Lipinski definition) is 4. The standard InChI is InChI=1S/C8H9N3O/c9-4-5-1-2-7-6(3-5)8(10)11-12-7/h1-3H,4,9H2,(H2,10,11). The Balaban J connectivity index is 2.71. The van der Waals surface area contributed by atoms with Crippen LogP contribution in [0.15, 0.2) is 22.7 Å². The fourth-order valence-electron chi connectivity index (χ4n) is 1.13. The molecule has 0 spiro atoms. The Bertz CT molecular complexity index is 408. The summed E-state index contributed by atoms with van der Waals surface area (Å²) >= 11 is 0. The van der Waals surface area contributed by atoms with Crippen molar-refractivity contribution in [2.45, 2.75) is 6.54 Å². The molecule has 0 saturated carbocycles. The lowest BCUT2D eigenvalue weighted by molar-refractivity contribution is 0.460. The first kappa shape index (κ1) is 7.12. The van der Waals surface area contributed by atoms with Crippen LogP contribution in [0, 0.1) is 0 Å². The fourth-order valence-corrected chi connectivity index (χ4v) is 1.13. The van der Waals surface area contributed by atoms with E-state index in [9.17, 15) is 0 Å². The number of rotatable bonds is 1. The molecule has 0 saturated heterocycles. The van der Waals surface area contributed by atoms with E-state index >= 15 is 0 Å². The Hall–Kier alpha value is -1.55. The van der Waals surface area contributed by atoms with E-state index < -0.39 is 0 Å². The number of nitrogens with two attached hydrogens (primary N) is 2. The molecule has 1 heterocycles. The molecule has 0 amide bonds. The first-order chi connectivity index (χ1) is 5.81. The van der Waals surface area contributed by atoms with E-state index in [1.54, 1.807) is 0 Å². The third kappa shape index (κ3) is 0.931. The second-order valence-corrected chi connectivity index (χ2v) is 2.60. The Morgan fingerprint density at radius 2 is 2.25 bits per heavy atom. The molecule has 1 aromatic heterocycles. The Labute approximate surface area is 69.1 Å². The SMILES string of the molecule is NCc1ccc2onc(N)c2c1. The van der Waals surface area contributed by atoms with Gasteiger partial charge in [0.05, 0.1) is 5.39 Å². The van der Waals surface area contributed by atoms with Crippen molar-refractivity contribution in [3.63, 3.8) is 0 Å². The molecular weight excluding hydrogens is 154 g/mol. The van der Waals surface area contributed by atoms with Crippen LogP contribution < -0.4 is 11.5 Å². The molecule has 0 aliphatic rings. The average molecular weight is 163 g/mol. The molecule has 4 nitrogen and oxygen atoms in total. The zero-order valence-electron chi connectivity index (χ0n) is 6.45. The highest BCUT2D eigenvalue weighted by molar-refractivity contribution is 5.87. The van der Waals surface area contributed by atoms with E-state index in [0.29, 0.717) is 17.9 Å². The highest BCUT2D eigenvalue weighted by Crippen LogP contribution is 2.20. The number of nitrogens with zero attached hydrogens (tertiary/aromatic N) is 1. The van der Waals surface area contributed by atoms with Gasteiger partial charge in [-0.05, 0) is 17.7 Å². The molecule has 0 aliphatic carbocycles. The maximum absolute atomic E-state index is 5.55. The van der Waals surface area contributed by atoms with Crippen molar-refractivity contribution in [2.24, 2.45) is 5.73 Å². The van der Waals surface area contributed by atoms with Crippen LogP contribution >= 0.6 is 0 Å². The molecule has 1 aromatic carbocycles. The lowest BCUT2D eigenvalue weighted by Gasteiger charge is -1.94. The quantitative estimate of drug-likeness (QED) is 0.653. The van der Waals surface area contributed by atoms with Gasteiger partial charge in [-0.2, -0.15) is 0 Å². The average Bonchev–Trinajstić information content (AvgIpc) is 2.47. The van der Waals surface area contributed by atoms with Crippen LogP contribution in [0.4, 0.5) is 5.82 Å². The lowest BCUT2D eigenvalue weighted by atomic mass is 10.1. The van der Waals surface area contributed by atoms with Crippen LogP contribution in [-0.2, 0) is 6.54 Å². The predicted octanol–water partition coefficient (Wildman–Crippen LogP) is 0.869. The molecule has 0 unspecified atom stereocenters. The van der Waals surface area contributed by atoms with Crippen molar-refractivity contribution < 1.29 is 4.52 Å². The largest absolute Gasteiger partial charge is 0.380 e. The van der Waals surface area contributed by atoms with Gasteiger partial charge in [-0.15, -0.1) is 0 Å². The van der Waals surface area contributed by atoms with Crippen molar-refractivity contribution >= 4 is 16.8 Å². The minimum Gasteiger partial charge on any atom is -0.380 e. The summed E-state index contributed by atoms with van der Waals surface area (Å²) in [5.41, 5.74) is 12.7. The van der Waals surface area contributed by atoms with Gasteiger partial charge in [0.25, 0.3) is 0 Å². The molecule has 0 bridgehead atoms. The van der Waals surface area contributed by atoms with Gasteiger partial charge in [0.2, 0.25) is 0 Å². The normalized spacial score (nSPS) is 10.8. The number of hydrogen-bond donors (Lipinski definition) is 2. The van der Waals surface area contributed by atoms with Crippen LogP contribution in [0.3, 0.4) is 0 Å². The number of anilines is 1. The van der Waals surface area contributed by atoms with Gasteiger partial charge < -0.3 is 16.0 Å². The van der Waals surface area contributed by atoms with Crippen LogP contribution in [0.2, 0.25) is 0 Å². The summed E-state index contributed by atoms with van der Waals surface area (Å²) < 4.78 is 4.93. The van der Waals surface area contributed by atoms with E-state index in [2.05, 4.69) is 5.16 Å². The minimum atomic E-state index is 0.417. The predicted molar refractivity (Wildman–Crippen MR) is 46.3 cm³/mol. The molecular formula is C8H9N3O. The van der Waals surface area contributed by atoms with E-state index in [0.717, 1.165) is 10.9 Å². The molecule has 0 radical (unpaired) electrons. The first-order valence-corrected chi connectivity index (χ1v) is 3.65. The van der Waals surface area contributed by atoms with Gasteiger partial charge >= 0.3 is 0 Å². The number of aromatic nitrogens is 1. The van der Waals surface area contributed by atoms with Crippen molar-refractivity contribution in [2.75, 3.05) is 5.73 Å². The lowest BCUT2D eigenvalue weighted by Crippen LogP contribution is -1.95. The van der Waals surface area contributed by atoms with Gasteiger partial charge in [0.15, 0.2) is 11.4 Å². The van der Waals surface area contributed by atoms with E-state index in [4.69, 9.17) is 16.0 Å². The van der Waals surface area contributed by atoms with Gasteiger partial charge in [-0.25, -0.2) is 0 Å². The summed E-state index contributed by atoms with van der Waals surface area (Å²) in [7, 11) is 0. The molecule has 0 atom stereocenters. The number of benzene rings is 1. The second-order valence-electron chi connectivity index (χ2n) is 2.60. The molecule has 2 rings (SSSR count). The number of nitrogen functional groups attached to an aromatic ring is 1. The molecule has 4 heteroatoms. The number of fused-ring (bicyclic) bond motifs is 1. The zero-order valence-corrected chi connectivity index (χ0v) is 6.45. The highest BCUT2D eigenvalue weighted by Gasteiger charge is 2.03. The topological polar surface area (TPSA) is 78.1 Å². The highest BCUT2D eigenvalue weighted by atomic mass is 16.5. The maximum Gasteiger partial charge on any atom is 0.174 e. The van der Waals surface area contributed by atoms with Gasteiger partial charge in [-0.1, -0.05) is 11.2 Å². The Kier molecular flexibility index (Phi) is 1.48. The molecule has 0 aliphatic heterocycles. The summed E-state index contributed by atoms with van der Waals surface area (Å²) in [4.78, 5) is 0. The second kappa shape index (κ2) is 2.49. The van der Waals surface area contributed by atoms with Crippen LogP contribution in [-0.4, -0.2) is 5.16 Å². The summed E-state index contributed by atoms with van der Waals surface area (Å²) in [6.07, 6.45) is 0. The Morgan fingerprint density at radius 3 is 3.00 bits per heavy atom. The fraction of sp³-hybridized carbons (Fsp3) is 0.125. The van der Waals surface area contributed by atoms with Crippen LogP contribution in [0.1, 0.15) is 5.56 Å². The van der Waals surface area contributed by atoms with Crippen molar-refractivity contribution in [1.82, 2.24) is 5.16 Å². The zero-order chi connectivity index (χ0) is 8.55. The molecule has 12 heavy (non-hydrogen) atoms. The molecule has 4 N–H and O–H groups in total. The summed E-state index contributed by atoms with van der Waals surface area (Å²) in [5, 5.41) is 4.46. The third-order valence-corrected chi connectivity index (χ3v) is 1.80. The first-order valence-electron chi connectivity index (χ1n) is 3.65. The van der Waals surface area contributed by atoms with E-state index in [1.165, 1.54) is 0 Å². The van der Waals surface area contributed by atoms with E-state index in [-0.39, 0.29) is 0 Å². The van der Waals surface area contributed by atoms with Gasteiger partial charge in [-0.3, -0.25) is 0 Å². The van der Waals surface area contributed by atoms with Crippen molar-refractivity contribution in [3.8, 4) is 0 Å². The molecule has 2 aromatic rings. The molecule has 62 valence electrons. The third-order valence-electron chi connectivity index (χ3n) is 1.80. The summed E-state index contributed by atoms with van der Waals surface area (Å²) in [5.74, 6) is 0.417. The smallest absolute Gasteiger partial charge is 0.174 e. The van der Waals surface area contributed by atoms with E-state index in [1.807, 2.05) is 18.2 Å². The summed E-state index contributed by atoms with van der Waals surface area (Å²) in [6.45, 7) is 0.501. The van der Waals surface area contributed by atoms with Gasteiger partial charge in [0.1, 0.15) is 0 Å². The maximum atomic E-state index is 5.55. The van der Waals surface area contributed by atoms with Crippen molar-refractivity contribution in [1.29, 1.82) is 0 Å². The van der Waals surface area contributed by atoms with Crippen LogP contribution in [0.25, 0.3) is 11.0 Å². The molecule has 0 fully saturated rings. The summed E-state index contributed by atoms with van der Waals surface area (Å²) in [6, 6.07) is 5.61. The van der Waals surface area contributed by atoms with Crippen LogP contribution in [0.5, 0.6) is 0 Å². The van der Waals surface area contributed by atoms with Crippen molar-refractivity contribution in [3.05, 3.63) is 23.8 Å². The minimum absolute atomic E-state index is 0.417.